The van der Waals surface area contributed by atoms with Gasteiger partial charge in [0, 0.05) is 24.9 Å². The van der Waals surface area contributed by atoms with E-state index < -0.39 is 0 Å². The molecule has 0 N–H and O–H groups in total. The van der Waals surface area contributed by atoms with Crippen molar-refractivity contribution in [1.29, 1.82) is 0 Å². The van der Waals surface area contributed by atoms with Gasteiger partial charge in [0.15, 0.2) is 0 Å². The first-order chi connectivity index (χ1) is 8.04. The van der Waals surface area contributed by atoms with Gasteiger partial charge >= 0.3 is 5.97 Å². The minimum Gasteiger partial charge on any atom is -0.465 e. The van der Waals surface area contributed by atoms with Crippen LogP contribution in [0.3, 0.4) is 0 Å². The molecule has 0 saturated carbocycles. The summed E-state index contributed by atoms with van der Waals surface area (Å²) in [5.74, 6) is -0.299. The lowest BCUT2D eigenvalue weighted by atomic mass is 10.0. The van der Waals surface area contributed by atoms with Gasteiger partial charge in [-0.2, -0.15) is 0 Å². The van der Waals surface area contributed by atoms with Crippen molar-refractivity contribution in [3.63, 3.8) is 0 Å². The molecule has 0 fully saturated rings. The Morgan fingerprint density at radius 3 is 2.53 bits per heavy atom. The maximum absolute atomic E-state index is 11.7. The van der Waals surface area contributed by atoms with Crippen molar-refractivity contribution in [2.45, 2.75) is 33.1 Å². The van der Waals surface area contributed by atoms with E-state index in [2.05, 4.69) is 0 Å². The van der Waals surface area contributed by atoms with Crippen LogP contribution in [0.15, 0.2) is 0 Å². The van der Waals surface area contributed by atoms with E-state index in [0.29, 0.717) is 12.0 Å². The van der Waals surface area contributed by atoms with Gasteiger partial charge < -0.3 is 14.1 Å². The molecular formula is C13H19NO3. The van der Waals surface area contributed by atoms with Crippen LogP contribution in [0.25, 0.3) is 0 Å². The largest absolute Gasteiger partial charge is 0.465 e. The number of hydrogen-bond donors (Lipinski definition) is 0. The van der Waals surface area contributed by atoms with E-state index in [4.69, 9.17) is 4.74 Å². The fourth-order valence-corrected chi connectivity index (χ4v) is 2.06. The fraction of sp³-hybridized carbons (Fsp3) is 0.538. The summed E-state index contributed by atoms with van der Waals surface area (Å²) in [4.78, 5) is 22.1. The number of ether oxygens (including phenoxy) is 1. The number of carbonyl (C=O) groups excluding carboxylic acids is 2. The summed E-state index contributed by atoms with van der Waals surface area (Å²) < 4.78 is 6.80. The normalized spacial score (nSPS) is 10.4. The Morgan fingerprint density at radius 1 is 1.35 bits per heavy atom. The predicted molar refractivity (Wildman–Crippen MR) is 65.2 cm³/mol. The Kier molecular flexibility index (Phi) is 4.49. The molecule has 94 valence electrons. The molecule has 4 heteroatoms. The van der Waals surface area contributed by atoms with Gasteiger partial charge in [-0.25, -0.2) is 4.79 Å². The smallest absolute Gasteiger partial charge is 0.339 e. The SMILES string of the molecule is COC(=O)c1c(CCCC=O)c(C)n(C)c1C. The highest BCUT2D eigenvalue weighted by molar-refractivity contribution is 5.93. The third kappa shape index (κ3) is 2.57. The van der Waals surface area contributed by atoms with Gasteiger partial charge in [-0.05, 0) is 32.3 Å². The molecule has 4 nitrogen and oxygen atoms in total. The maximum atomic E-state index is 11.7. The third-order valence-corrected chi connectivity index (χ3v) is 3.24. The van der Waals surface area contributed by atoms with Crippen LogP contribution in [0.4, 0.5) is 0 Å². The summed E-state index contributed by atoms with van der Waals surface area (Å²) in [5.41, 5.74) is 3.63. The lowest BCUT2D eigenvalue weighted by molar-refractivity contribution is -0.107. The minimum absolute atomic E-state index is 0.299. The molecule has 0 unspecified atom stereocenters. The zero-order valence-corrected chi connectivity index (χ0v) is 10.9. The molecule has 0 aromatic carbocycles. The Hall–Kier alpha value is -1.58. The van der Waals surface area contributed by atoms with E-state index in [1.807, 2.05) is 25.5 Å². The van der Waals surface area contributed by atoms with Crippen molar-refractivity contribution in [1.82, 2.24) is 4.57 Å². The topological polar surface area (TPSA) is 48.3 Å². The van der Waals surface area contributed by atoms with E-state index in [1.165, 1.54) is 7.11 Å². The second kappa shape index (κ2) is 5.66. The quantitative estimate of drug-likeness (QED) is 0.447. The number of aldehydes is 1. The Morgan fingerprint density at radius 2 is 2.00 bits per heavy atom. The Balaban J connectivity index is 3.12. The van der Waals surface area contributed by atoms with Crippen LogP contribution in [0.5, 0.6) is 0 Å². The maximum Gasteiger partial charge on any atom is 0.339 e. The molecular weight excluding hydrogens is 218 g/mol. The monoisotopic (exact) mass is 237 g/mol. The average molecular weight is 237 g/mol. The van der Waals surface area contributed by atoms with Crippen LogP contribution in [0, 0.1) is 13.8 Å². The number of nitrogens with zero attached hydrogens (tertiary/aromatic N) is 1. The molecule has 1 heterocycles. The fourth-order valence-electron chi connectivity index (χ4n) is 2.06. The van der Waals surface area contributed by atoms with Crippen LogP contribution in [-0.2, 0) is 23.0 Å². The van der Waals surface area contributed by atoms with E-state index >= 15 is 0 Å². The van der Waals surface area contributed by atoms with Crippen LogP contribution in [0.1, 0.15) is 40.2 Å². The first kappa shape index (κ1) is 13.5. The molecule has 0 aliphatic carbocycles. The predicted octanol–water partition coefficient (Wildman–Crippen LogP) is 1.95. The first-order valence-corrected chi connectivity index (χ1v) is 5.71. The van der Waals surface area contributed by atoms with Crippen molar-refractivity contribution in [2.24, 2.45) is 7.05 Å². The second-order valence-electron chi connectivity index (χ2n) is 4.13. The van der Waals surface area contributed by atoms with Gasteiger partial charge in [-0.15, -0.1) is 0 Å². The molecule has 0 bridgehead atoms. The van der Waals surface area contributed by atoms with Crippen molar-refractivity contribution in [3.05, 3.63) is 22.5 Å². The zero-order chi connectivity index (χ0) is 13.0. The van der Waals surface area contributed by atoms with Gasteiger partial charge in [0.05, 0.1) is 12.7 Å². The molecule has 0 radical (unpaired) electrons. The van der Waals surface area contributed by atoms with E-state index in [-0.39, 0.29) is 5.97 Å². The molecule has 0 aliphatic rings. The number of esters is 1. The number of hydrogen-bond acceptors (Lipinski definition) is 3. The molecule has 1 aromatic heterocycles. The summed E-state index contributed by atoms with van der Waals surface area (Å²) in [7, 11) is 3.32. The highest BCUT2D eigenvalue weighted by atomic mass is 16.5. The van der Waals surface area contributed by atoms with Crippen LogP contribution in [-0.4, -0.2) is 23.9 Å². The summed E-state index contributed by atoms with van der Waals surface area (Å²) in [6.45, 7) is 3.89. The summed E-state index contributed by atoms with van der Waals surface area (Å²) in [6.07, 6.45) is 2.92. The first-order valence-electron chi connectivity index (χ1n) is 5.71. The lowest BCUT2D eigenvalue weighted by Crippen LogP contribution is -2.06. The van der Waals surface area contributed by atoms with Crippen molar-refractivity contribution < 1.29 is 14.3 Å². The standard InChI is InChI=1S/C13H19NO3/c1-9-11(7-5-6-8-15)12(13(16)17-4)10(2)14(9)3/h8H,5-7H2,1-4H3. The van der Waals surface area contributed by atoms with E-state index in [0.717, 1.165) is 36.1 Å². The number of unbranched alkanes of at least 4 members (excludes halogenated alkanes) is 1. The molecule has 0 saturated heterocycles. The Bertz CT molecular complexity index is 432. The molecule has 0 spiro atoms. The molecule has 0 amide bonds. The van der Waals surface area contributed by atoms with Gasteiger partial charge in [0.1, 0.15) is 6.29 Å². The average Bonchev–Trinajstić information content (AvgIpc) is 2.54. The van der Waals surface area contributed by atoms with Crippen LogP contribution in [0.2, 0.25) is 0 Å². The summed E-state index contributed by atoms with van der Waals surface area (Å²) in [5, 5.41) is 0. The number of aromatic nitrogens is 1. The highest BCUT2D eigenvalue weighted by Crippen LogP contribution is 2.23. The van der Waals surface area contributed by atoms with Gasteiger partial charge in [-0.1, -0.05) is 0 Å². The Labute approximate surface area is 102 Å². The number of carbonyl (C=O) groups is 2. The molecule has 17 heavy (non-hydrogen) atoms. The number of rotatable bonds is 5. The second-order valence-corrected chi connectivity index (χ2v) is 4.13. The lowest BCUT2D eigenvalue weighted by Gasteiger charge is -2.03. The minimum atomic E-state index is -0.299. The zero-order valence-electron chi connectivity index (χ0n) is 10.9. The summed E-state index contributed by atoms with van der Waals surface area (Å²) >= 11 is 0. The number of methoxy groups -OCH3 is 1. The molecule has 1 rings (SSSR count). The van der Waals surface area contributed by atoms with Crippen molar-refractivity contribution in [2.75, 3.05) is 7.11 Å². The van der Waals surface area contributed by atoms with Crippen molar-refractivity contribution in [3.8, 4) is 0 Å². The molecule has 0 aliphatic heterocycles. The van der Waals surface area contributed by atoms with Crippen molar-refractivity contribution >= 4 is 12.3 Å². The summed E-state index contributed by atoms with van der Waals surface area (Å²) in [6, 6.07) is 0. The molecule has 0 atom stereocenters. The van der Waals surface area contributed by atoms with E-state index in [1.54, 1.807) is 0 Å². The highest BCUT2D eigenvalue weighted by Gasteiger charge is 2.21. The van der Waals surface area contributed by atoms with Gasteiger partial charge in [0.25, 0.3) is 0 Å². The van der Waals surface area contributed by atoms with Crippen LogP contribution >= 0.6 is 0 Å². The van der Waals surface area contributed by atoms with Crippen LogP contribution < -0.4 is 0 Å². The van der Waals surface area contributed by atoms with Gasteiger partial charge in [0.2, 0.25) is 0 Å². The molecule has 1 aromatic rings. The van der Waals surface area contributed by atoms with E-state index in [9.17, 15) is 9.59 Å². The third-order valence-electron chi connectivity index (χ3n) is 3.24. The van der Waals surface area contributed by atoms with Gasteiger partial charge in [-0.3, -0.25) is 0 Å².